The molecule has 0 aliphatic carbocycles. The minimum absolute atomic E-state index is 0.749. The van der Waals surface area contributed by atoms with Crippen LogP contribution in [0.5, 0.6) is 0 Å². The summed E-state index contributed by atoms with van der Waals surface area (Å²) in [6.45, 7) is 0. The summed E-state index contributed by atoms with van der Waals surface area (Å²) >= 11 is 3.95. The Morgan fingerprint density at radius 3 is 2.76 bits per heavy atom. The van der Waals surface area contributed by atoms with Gasteiger partial charge in [-0.3, -0.25) is 5.10 Å². The predicted molar refractivity (Wildman–Crippen MR) is 77.8 cm³/mol. The summed E-state index contributed by atoms with van der Waals surface area (Å²) in [5.74, 6) is 1.58. The molecule has 0 unspecified atom stereocenters. The van der Waals surface area contributed by atoms with Crippen LogP contribution in [-0.2, 0) is 0 Å². The van der Waals surface area contributed by atoms with Crippen molar-refractivity contribution in [3.63, 3.8) is 0 Å². The second-order valence-corrected chi connectivity index (χ2v) is 5.57. The fourth-order valence-corrected chi connectivity index (χ4v) is 2.84. The van der Waals surface area contributed by atoms with Crippen LogP contribution in [0.25, 0.3) is 22.1 Å². The van der Waals surface area contributed by atoms with Crippen LogP contribution >= 0.6 is 33.9 Å². The lowest BCUT2D eigenvalue weighted by Gasteiger charge is -1.97. The van der Waals surface area contributed by atoms with Gasteiger partial charge in [-0.25, -0.2) is 4.98 Å². The van der Waals surface area contributed by atoms with Gasteiger partial charge in [0.2, 0.25) is 0 Å². The third-order valence-corrected chi connectivity index (χ3v) is 4.17. The van der Waals surface area contributed by atoms with E-state index in [4.69, 9.17) is 0 Å². The number of hydrogen-bond acceptors (Lipinski definition) is 3. The number of rotatable bonds is 2. The summed E-state index contributed by atoms with van der Waals surface area (Å²) in [5, 5.41) is 9.28. The molecule has 2 heterocycles. The van der Waals surface area contributed by atoms with Gasteiger partial charge in [-0.1, -0.05) is 24.3 Å². The van der Waals surface area contributed by atoms with Crippen molar-refractivity contribution in [2.75, 3.05) is 0 Å². The van der Waals surface area contributed by atoms with Gasteiger partial charge < -0.3 is 0 Å². The molecule has 3 nitrogen and oxygen atoms in total. The van der Waals surface area contributed by atoms with E-state index in [1.54, 1.807) is 11.3 Å². The molecule has 17 heavy (non-hydrogen) atoms. The maximum atomic E-state index is 4.52. The highest BCUT2D eigenvalue weighted by molar-refractivity contribution is 14.1. The molecule has 0 spiro atoms. The molecule has 0 aliphatic heterocycles. The zero-order chi connectivity index (χ0) is 11.7. The molecule has 3 rings (SSSR count). The van der Waals surface area contributed by atoms with Crippen molar-refractivity contribution in [1.82, 2.24) is 15.2 Å². The molecule has 0 radical (unpaired) electrons. The highest BCUT2D eigenvalue weighted by atomic mass is 127. The summed E-state index contributed by atoms with van der Waals surface area (Å²) in [5.41, 5.74) is 1.06. The Morgan fingerprint density at radius 2 is 2.00 bits per heavy atom. The molecule has 5 heteroatoms. The van der Waals surface area contributed by atoms with Crippen LogP contribution in [0.2, 0.25) is 0 Å². The van der Waals surface area contributed by atoms with Crippen LogP contribution in [0.4, 0.5) is 0 Å². The number of halogens is 1. The van der Waals surface area contributed by atoms with Gasteiger partial charge in [0.15, 0.2) is 11.6 Å². The van der Waals surface area contributed by atoms with E-state index in [9.17, 15) is 0 Å². The van der Waals surface area contributed by atoms with Crippen molar-refractivity contribution in [2.24, 2.45) is 0 Å². The molecule has 3 aromatic rings. The molecule has 1 N–H and O–H groups in total. The monoisotopic (exact) mass is 353 g/mol. The number of aromatic nitrogens is 3. The van der Waals surface area contributed by atoms with Crippen molar-refractivity contribution in [3.8, 4) is 22.1 Å². The first kappa shape index (κ1) is 10.9. The van der Waals surface area contributed by atoms with Crippen LogP contribution in [0, 0.1) is 3.57 Å². The van der Waals surface area contributed by atoms with E-state index in [1.807, 2.05) is 35.7 Å². The smallest absolute Gasteiger partial charge is 0.182 e. The summed E-state index contributed by atoms with van der Waals surface area (Å²) in [6, 6.07) is 12.1. The van der Waals surface area contributed by atoms with Crippen molar-refractivity contribution < 1.29 is 0 Å². The number of nitrogens with zero attached hydrogens (tertiary/aromatic N) is 2. The van der Waals surface area contributed by atoms with Gasteiger partial charge in [0.25, 0.3) is 0 Å². The van der Waals surface area contributed by atoms with Gasteiger partial charge in [-0.15, -0.1) is 11.3 Å². The molecular weight excluding hydrogens is 345 g/mol. The molecule has 0 saturated carbocycles. The van der Waals surface area contributed by atoms with E-state index >= 15 is 0 Å². The van der Waals surface area contributed by atoms with Gasteiger partial charge in [-0.05, 0) is 40.1 Å². The molecule has 0 saturated heterocycles. The lowest BCUT2D eigenvalue weighted by molar-refractivity contribution is 1.10. The second kappa shape index (κ2) is 4.58. The highest BCUT2D eigenvalue weighted by Crippen LogP contribution is 2.25. The van der Waals surface area contributed by atoms with Crippen molar-refractivity contribution in [3.05, 3.63) is 45.3 Å². The molecule has 0 amide bonds. The number of benzene rings is 1. The summed E-state index contributed by atoms with van der Waals surface area (Å²) in [4.78, 5) is 5.63. The largest absolute Gasteiger partial charge is 0.258 e. The van der Waals surface area contributed by atoms with Crippen molar-refractivity contribution in [1.29, 1.82) is 0 Å². The van der Waals surface area contributed by atoms with E-state index in [0.29, 0.717) is 0 Å². The molecule has 1 aromatic carbocycles. The molecule has 0 fully saturated rings. The first-order chi connectivity index (χ1) is 8.34. The average molecular weight is 353 g/mol. The van der Waals surface area contributed by atoms with Gasteiger partial charge in [-0.2, -0.15) is 5.10 Å². The maximum Gasteiger partial charge on any atom is 0.182 e. The first-order valence-electron chi connectivity index (χ1n) is 5.06. The molecule has 0 aliphatic rings. The highest BCUT2D eigenvalue weighted by Gasteiger charge is 2.10. The number of nitrogens with one attached hydrogen (secondary N) is 1. The normalized spacial score (nSPS) is 10.6. The third-order valence-electron chi connectivity index (χ3n) is 2.35. The molecule has 0 atom stereocenters. The lowest BCUT2D eigenvalue weighted by Crippen LogP contribution is -1.84. The summed E-state index contributed by atoms with van der Waals surface area (Å²) in [6.07, 6.45) is 0. The number of aromatic amines is 1. The summed E-state index contributed by atoms with van der Waals surface area (Å²) < 4.78 is 1.15. The van der Waals surface area contributed by atoms with Gasteiger partial charge in [0.05, 0.1) is 4.88 Å². The van der Waals surface area contributed by atoms with Gasteiger partial charge in [0.1, 0.15) is 0 Å². The van der Waals surface area contributed by atoms with Crippen LogP contribution < -0.4 is 0 Å². The van der Waals surface area contributed by atoms with Crippen LogP contribution in [0.15, 0.2) is 41.8 Å². The van der Waals surface area contributed by atoms with Gasteiger partial charge >= 0.3 is 0 Å². The molecule has 2 aromatic heterocycles. The van der Waals surface area contributed by atoms with E-state index in [0.717, 1.165) is 25.7 Å². The third kappa shape index (κ3) is 2.12. The fraction of sp³-hybridized carbons (Fsp3) is 0. The van der Waals surface area contributed by atoms with Crippen LogP contribution in [0.3, 0.4) is 0 Å². The number of hydrogen-bond donors (Lipinski definition) is 1. The minimum atomic E-state index is 0.749. The fourth-order valence-electron chi connectivity index (χ4n) is 1.55. The number of H-pyrrole nitrogens is 1. The Kier molecular flexibility index (Phi) is 2.94. The Hall–Kier alpha value is -1.21. The van der Waals surface area contributed by atoms with Crippen molar-refractivity contribution >= 4 is 33.9 Å². The molecular formula is C12H8IN3S. The maximum absolute atomic E-state index is 4.52. The predicted octanol–water partition coefficient (Wildman–Crippen LogP) is 3.80. The van der Waals surface area contributed by atoms with Crippen LogP contribution in [0.1, 0.15) is 0 Å². The second-order valence-electron chi connectivity index (χ2n) is 3.46. The van der Waals surface area contributed by atoms with Gasteiger partial charge in [0, 0.05) is 9.13 Å². The Bertz CT molecular complexity index is 631. The van der Waals surface area contributed by atoms with Crippen molar-refractivity contribution in [2.45, 2.75) is 0 Å². The van der Waals surface area contributed by atoms with E-state index in [-0.39, 0.29) is 0 Å². The zero-order valence-electron chi connectivity index (χ0n) is 8.72. The molecule has 0 bridgehead atoms. The SMILES string of the molecule is Ic1ccccc1-c1n[nH]c(-c2cccs2)n1. The van der Waals surface area contributed by atoms with Crippen LogP contribution in [-0.4, -0.2) is 15.2 Å². The Balaban J connectivity index is 2.04. The lowest BCUT2D eigenvalue weighted by atomic mass is 10.2. The van der Waals surface area contributed by atoms with E-state index in [2.05, 4.69) is 43.8 Å². The topological polar surface area (TPSA) is 41.6 Å². The first-order valence-corrected chi connectivity index (χ1v) is 7.01. The quantitative estimate of drug-likeness (QED) is 0.712. The standard InChI is InChI=1S/C12H8IN3S/c13-9-5-2-1-4-8(9)11-14-12(16-15-11)10-6-3-7-17-10/h1-7H,(H,14,15,16). The van der Waals surface area contributed by atoms with E-state index < -0.39 is 0 Å². The number of thiophene rings is 1. The average Bonchev–Trinajstić information content (AvgIpc) is 3.00. The molecule has 84 valence electrons. The zero-order valence-corrected chi connectivity index (χ0v) is 11.7. The summed E-state index contributed by atoms with van der Waals surface area (Å²) in [7, 11) is 0. The minimum Gasteiger partial charge on any atom is -0.258 e. The van der Waals surface area contributed by atoms with E-state index in [1.165, 1.54) is 0 Å². The Labute approximate surface area is 116 Å². The Morgan fingerprint density at radius 1 is 1.12 bits per heavy atom.